The van der Waals surface area contributed by atoms with E-state index in [1.165, 1.54) is 30.3 Å². The van der Waals surface area contributed by atoms with E-state index in [1.54, 1.807) is 6.07 Å². The smallest absolute Gasteiger partial charge is 0.453 e. The molecule has 2 heterocycles. The zero-order valence-electron chi connectivity index (χ0n) is 21.8. The number of hydrogen-bond donors (Lipinski definition) is 0. The van der Waals surface area contributed by atoms with Crippen LogP contribution in [-0.4, -0.2) is 24.2 Å². The maximum absolute atomic E-state index is 14.2. The zero-order chi connectivity index (χ0) is 28.4. The largest absolute Gasteiger partial charge is 0.478 e. The molecule has 3 aromatic carbocycles. The van der Waals surface area contributed by atoms with Gasteiger partial charge in [-0.2, -0.15) is 13.2 Å². The number of rotatable bonds is 7. The van der Waals surface area contributed by atoms with Crippen LogP contribution in [0, 0.1) is 0 Å². The van der Waals surface area contributed by atoms with Gasteiger partial charge in [-0.15, -0.1) is 0 Å². The molecule has 0 N–H and O–H groups in total. The van der Waals surface area contributed by atoms with Gasteiger partial charge in [0.05, 0.1) is 23.1 Å². The van der Waals surface area contributed by atoms with E-state index in [0.29, 0.717) is 17.7 Å². The van der Waals surface area contributed by atoms with Crippen molar-refractivity contribution in [3.05, 3.63) is 99.4 Å². The molecule has 0 saturated carbocycles. The van der Waals surface area contributed by atoms with Crippen LogP contribution in [0.4, 0.5) is 13.2 Å². The third-order valence-corrected chi connectivity index (χ3v) is 6.66. The second-order valence-corrected chi connectivity index (χ2v) is 9.38. The maximum atomic E-state index is 14.2. The van der Waals surface area contributed by atoms with Crippen molar-refractivity contribution < 1.29 is 36.6 Å². The van der Waals surface area contributed by atoms with Crippen LogP contribution in [0.5, 0.6) is 17.2 Å². The van der Waals surface area contributed by atoms with Crippen LogP contribution in [0.25, 0.3) is 11.0 Å². The number of nitrogens with zero attached hydrogens (tertiary/aromatic N) is 1. The van der Waals surface area contributed by atoms with Gasteiger partial charge in [0.2, 0.25) is 11.2 Å². The van der Waals surface area contributed by atoms with Crippen molar-refractivity contribution >= 4 is 16.9 Å². The Kier molecular flexibility index (Phi) is 7.53. The van der Waals surface area contributed by atoms with Crippen LogP contribution in [-0.2, 0) is 17.5 Å². The molecule has 0 amide bonds. The molecule has 0 radical (unpaired) electrons. The Balaban J connectivity index is 1.52. The van der Waals surface area contributed by atoms with Gasteiger partial charge in [-0.1, -0.05) is 37.3 Å². The lowest BCUT2D eigenvalue weighted by Crippen LogP contribution is -2.34. The van der Waals surface area contributed by atoms with E-state index in [2.05, 4.69) is 0 Å². The molecular formula is C30H26F3NO6. The molecule has 1 aliphatic rings. The van der Waals surface area contributed by atoms with Crippen molar-refractivity contribution in [3.63, 3.8) is 0 Å². The molecule has 0 aliphatic carbocycles. The van der Waals surface area contributed by atoms with Gasteiger partial charge in [-0.3, -0.25) is 9.69 Å². The fraction of sp³-hybridized carbons (Fsp3) is 0.267. The number of fused-ring (bicyclic) bond motifs is 3. The lowest BCUT2D eigenvalue weighted by Gasteiger charge is -2.34. The van der Waals surface area contributed by atoms with Gasteiger partial charge < -0.3 is 18.6 Å². The highest BCUT2D eigenvalue weighted by Crippen LogP contribution is 2.41. The van der Waals surface area contributed by atoms with Gasteiger partial charge in [0.25, 0.3) is 5.76 Å². The zero-order valence-corrected chi connectivity index (χ0v) is 21.8. The van der Waals surface area contributed by atoms with E-state index in [9.17, 15) is 22.8 Å². The summed E-state index contributed by atoms with van der Waals surface area (Å²) < 4.78 is 64.3. The minimum absolute atomic E-state index is 0.0701. The van der Waals surface area contributed by atoms with E-state index in [-0.39, 0.29) is 48.2 Å². The first-order valence-electron chi connectivity index (χ1n) is 12.7. The van der Waals surface area contributed by atoms with Crippen molar-refractivity contribution in [2.75, 3.05) is 13.3 Å². The van der Waals surface area contributed by atoms with E-state index >= 15 is 0 Å². The van der Waals surface area contributed by atoms with Crippen molar-refractivity contribution in [2.24, 2.45) is 0 Å². The summed E-state index contributed by atoms with van der Waals surface area (Å²) in [6.07, 6.45) is -4.38. The molecule has 5 rings (SSSR count). The van der Waals surface area contributed by atoms with Crippen molar-refractivity contribution in [3.8, 4) is 17.2 Å². The topological polar surface area (TPSA) is 78.2 Å². The summed E-state index contributed by atoms with van der Waals surface area (Å²) in [7, 11) is 0. The lowest BCUT2D eigenvalue weighted by atomic mass is 10.0. The van der Waals surface area contributed by atoms with Gasteiger partial charge in [-0.25, -0.2) is 4.79 Å². The van der Waals surface area contributed by atoms with E-state index in [1.807, 2.05) is 49.1 Å². The maximum Gasteiger partial charge on any atom is 0.453 e. The highest BCUT2D eigenvalue weighted by molar-refractivity contribution is 5.89. The first-order valence-corrected chi connectivity index (χ1v) is 12.7. The molecule has 0 saturated heterocycles. The molecule has 0 bridgehead atoms. The summed E-state index contributed by atoms with van der Waals surface area (Å²) in [6, 6.07) is 17.7. The molecule has 4 aromatic rings. The molecule has 1 aromatic heterocycles. The fourth-order valence-corrected chi connectivity index (χ4v) is 4.49. The highest BCUT2D eigenvalue weighted by atomic mass is 19.4. The Labute approximate surface area is 227 Å². The van der Waals surface area contributed by atoms with Crippen LogP contribution >= 0.6 is 0 Å². The fourth-order valence-electron chi connectivity index (χ4n) is 4.49. The average molecular weight is 554 g/mol. The summed E-state index contributed by atoms with van der Waals surface area (Å²) in [6.45, 7) is 4.48. The Morgan fingerprint density at radius 2 is 1.77 bits per heavy atom. The monoisotopic (exact) mass is 553 g/mol. The summed E-state index contributed by atoms with van der Waals surface area (Å²) in [5, 5.41) is -0.0701. The van der Waals surface area contributed by atoms with Crippen LogP contribution in [0.1, 0.15) is 53.6 Å². The van der Waals surface area contributed by atoms with Crippen molar-refractivity contribution in [1.29, 1.82) is 0 Å². The molecule has 0 fully saturated rings. The summed E-state index contributed by atoms with van der Waals surface area (Å²) >= 11 is 0. The molecule has 40 heavy (non-hydrogen) atoms. The van der Waals surface area contributed by atoms with Crippen molar-refractivity contribution in [2.45, 2.75) is 39.0 Å². The van der Waals surface area contributed by atoms with Crippen LogP contribution in [0.2, 0.25) is 0 Å². The van der Waals surface area contributed by atoms with Crippen LogP contribution in [0.15, 0.2) is 75.9 Å². The van der Waals surface area contributed by atoms with Gasteiger partial charge in [0.1, 0.15) is 23.8 Å². The minimum Gasteiger partial charge on any atom is -0.478 e. The average Bonchev–Trinajstić information content (AvgIpc) is 2.96. The molecule has 208 valence electrons. The molecule has 10 heteroatoms. The SMILES string of the molecule is CCCOC(=O)c1ccc(Oc2c(C(F)(F)F)oc3c4c(ccc3c2=O)OCN(C(C)c2ccccc2)C4)cc1. The van der Waals surface area contributed by atoms with E-state index in [4.69, 9.17) is 18.6 Å². The molecule has 1 aliphatic heterocycles. The summed E-state index contributed by atoms with van der Waals surface area (Å²) in [5.41, 5.74) is 0.365. The first kappa shape index (κ1) is 27.3. The number of hydrogen-bond acceptors (Lipinski definition) is 7. The van der Waals surface area contributed by atoms with Gasteiger partial charge in [0.15, 0.2) is 0 Å². The Bertz CT molecular complexity index is 1580. The second kappa shape index (κ2) is 11.1. The first-order chi connectivity index (χ1) is 19.2. The van der Waals surface area contributed by atoms with E-state index < -0.39 is 29.1 Å². The molecule has 7 nitrogen and oxygen atoms in total. The number of halogens is 3. The van der Waals surface area contributed by atoms with Gasteiger partial charge >= 0.3 is 12.1 Å². The Morgan fingerprint density at radius 3 is 2.45 bits per heavy atom. The predicted molar refractivity (Wildman–Crippen MR) is 140 cm³/mol. The lowest BCUT2D eigenvalue weighted by molar-refractivity contribution is -0.154. The Hall–Kier alpha value is -4.31. The predicted octanol–water partition coefficient (Wildman–Crippen LogP) is 7.08. The molecule has 0 spiro atoms. The number of carbonyl (C=O) groups is 1. The quantitative estimate of drug-likeness (QED) is 0.226. The summed E-state index contributed by atoms with van der Waals surface area (Å²) in [5.74, 6) is -2.85. The van der Waals surface area contributed by atoms with Gasteiger partial charge in [-0.05, 0) is 55.3 Å². The second-order valence-electron chi connectivity index (χ2n) is 9.38. The van der Waals surface area contributed by atoms with Gasteiger partial charge in [0, 0.05) is 12.6 Å². The number of benzene rings is 3. The molecule has 1 atom stereocenters. The number of carbonyl (C=O) groups excluding carboxylic acids is 1. The minimum atomic E-state index is -5.03. The molecular weight excluding hydrogens is 527 g/mol. The van der Waals surface area contributed by atoms with E-state index in [0.717, 1.165) is 5.56 Å². The number of ether oxygens (including phenoxy) is 3. The highest BCUT2D eigenvalue weighted by Gasteiger charge is 2.41. The van der Waals surface area contributed by atoms with Crippen LogP contribution < -0.4 is 14.9 Å². The number of alkyl halides is 3. The third kappa shape index (κ3) is 5.40. The third-order valence-electron chi connectivity index (χ3n) is 6.66. The standard InChI is InChI=1S/C30H26F3NO6/c1-3-15-37-29(36)20-9-11-21(12-10-20)39-27-25(35)22-13-14-24-23(26(22)40-28(27)30(31,32)33)16-34(17-38-24)18(2)19-7-5-4-6-8-19/h4-14,18H,3,15-17H2,1-2H3. The number of esters is 1. The summed E-state index contributed by atoms with van der Waals surface area (Å²) in [4.78, 5) is 27.4. The normalized spacial score (nSPS) is 14.3. The van der Waals surface area contributed by atoms with Crippen LogP contribution in [0.3, 0.4) is 0 Å². The van der Waals surface area contributed by atoms with Crippen molar-refractivity contribution in [1.82, 2.24) is 4.90 Å². The Morgan fingerprint density at radius 1 is 1.05 bits per heavy atom. The molecule has 1 unspecified atom stereocenters.